The topological polar surface area (TPSA) is 61.8 Å². The van der Waals surface area contributed by atoms with Gasteiger partial charge in [0.05, 0.1) is 12.2 Å². The number of carbonyl (C=O) groups is 2. The normalized spacial score (nSPS) is 22.3. The molecule has 0 aromatic heterocycles. The summed E-state index contributed by atoms with van der Waals surface area (Å²) >= 11 is 0. The number of ketones is 1. The Morgan fingerprint density at radius 1 is 0.946 bits per heavy atom. The van der Waals surface area contributed by atoms with Crippen LogP contribution in [0.1, 0.15) is 64.7 Å². The highest BCUT2D eigenvalue weighted by Gasteiger charge is 2.42. The molecule has 1 fully saturated rings. The van der Waals surface area contributed by atoms with Crippen LogP contribution >= 0.6 is 0 Å². The van der Waals surface area contributed by atoms with Crippen LogP contribution in [0.15, 0.2) is 24.3 Å². The first-order valence-corrected chi connectivity index (χ1v) is 24.7. The summed E-state index contributed by atoms with van der Waals surface area (Å²) in [6.07, 6.45) is 16.6. The van der Waals surface area contributed by atoms with E-state index in [9.17, 15) is 9.59 Å². The standard InChI is InChI=1S/C29H56O5Si3/c1-11-12-15-18-24(32-35(2,3)4)21-22-26-25(27(30)23-28(26)33-36(5,6)7)19-16-13-14-17-20-29(31)34-37(8,9)10/h13,16,21-22,24-26,28H,11-12,14-15,17-20,23H2,1-10H3/b16-13-,22-21+/t24-,25+,26+,28+/m0/s1. The van der Waals surface area contributed by atoms with E-state index in [0.717, 1.165) is 25.7 Å². The van der Waals surface area contributed by atoms with Crippen LogP contribution in [0.5, 0.6) is 0 Å². The third-order valence-electron chi connectivity index (χ3n) is 6.09. The molecule has 0 amide bonds. The van der Waals surface area contributed by atoms with E-state index in [1.165, 1.54) is 12.8 Å². The lowest BCUT2D eigenvalue weighted by atomic mass is 9.90. The summed E-state index contributed by atoms with van der Waals surface area (Å²) < 4.78 is 18.5. The van der Waals surface area contributed by atoms with Gasteiger partial charge >= 0.3 is 0 Å². The van der Waals surface area contributed by atoms with Gasteiger partial charge in [0.15, 0.2) is 16.6 Å². The molecule has 37 heavy (non-hydrogen) atoms. The monoisotopic (exact) mass is 568 g/mol. The van der Waals surface area contributed by atoms with Crippen LogP contribution in [0.25, 0.3) is 0 Å². The number of carbonyl (C=O) groups excluding carboxylic acids is 2. The van der Waals surface area contributed by atoms with Crippen LogP contribution in [0.3, 0.4) is 0 Å². The highest BCUT2D eigenvalue weighted by molar-refractivity contribution is 6.71. The number of hydrogen-bond acceptors (Lipinski definition) is 5. The molecule has 8 heteroatoms. The molecule has 214 valence electrons. The van der Waals surface area contributed by atoms with Crippen molar-refractivity contribution in [2.75, 3.05) is 0 Å². The highest BCUT2D eigenvalue weighted by Crippen LogP contribution is 2.37. The van der Waals surface area contributed by atoms with Crippen molar-refractivity contribution < 1.29 is 22.9 Å². The summed E-state index contributed by atoms with van der Waals surface area (Å²) in [7, 11) is -5.29. The van der Waals surface area contributed by atoms with E-state index < -0.39 is 25.0 Å². The largest absolute Gasteiger partial charge is 0.520 e. The number of Topliss-reactive ketones (excluding diaryl/α,β-unsaturated/α-hetero) is 1. The van der Waals surface area contributed by atoms with E-state index in [1.807, 2.05) is 19.6 Å². The van der Waals surface area contributed by atoms with Crippen LogP contribution in [-0.2, 0) is 22.9 Å². The molecule has 0 spiro atoms. The molecule has 1 rings (SSSR count). The fraction of sp³-hybridized carbons (Fsp3) is 0.793. The second kappa shape index (κ2) is 15.7. The van der Waals surface area contributed by atoms with Crippen molar-refractivity contribution in [2.45, 2.75) is 136 Å². The highest BCUT2D eigenvalue weighted by atomic mass is 28.4. The van der Waals surface area contributed by atoms with Crippen molar-refractivity contribution in [3.63, 3.8) is 0 Å². The van der Waals surface area contributed by atoms with Crippen molar-refractivity contribution in [2.24, 2.45) is 11.8 Å². The number of hydrogen-bond donors (Lipinski definition) is 0. The maximum atomic E-state index is 13.1. The predicted octanol–water partition coefficient (Wildman–Crippen LogP) is 8.26. The van der Waals surface area contributed by atoms with Gasteiger partial charge in [-0.3, -0.25) is 9.59 Å². The van der Waals surface area contributed by atoms with Gasteiger partial charge in [-0.05, 0) is 84.6 Å². The average molecular weight is 569 g/mol. The zero-order valence-electron chi connectivity index (χ0n) is 25.5. The third kappa shape index (κ3) is 16.0. The van der Waals surface area contributed by atoms with Gasteiger partial charge in [-0.1, -0.05) is 50.5 Å². The maximum absolute atomic E-state index is 13.1. The summed E-state index contributed by atoms with van der Waals surface area (Å²) in [4.78, 5) is 25.0. The van der Waals surface area contributed by atoms with Crippen LogP contribution in [-0.4, -0.2) is 48.9 Å². The van der Waals surface area contributed by atoms with Gasteiger partial charge in [0.25, 0.3) is 5.97 Å². The Hall–Kier alpha value is -0.809. The zero-order chi connectivity index (χ0) is 28.3. The Kier molecular flexibility index (Phi) is 14.5. The van der Waals surface area contributed by atoms with Gasteiger partial charge < -0.3 is 13.3 Å². The van der Waals surface area contributed by atoms with Gasteiger partial charge in [-0.15, -0.1) is 0 Å². The molecule has 1 saturated carbocycles. The van der Waals surface area contributed by atoms with E-state index in [2.05, 4.69) is 70.5 Å². The Balaban J connectivity index is 2.87. The van der Waals surface area contributed by atoms with Crippen molar-refractivity contribution in [1.29, 1.82) is 0 Å². The lowest BCUT2D eigenvalue weighted by molar-refractivity contribution is -0.135. The molecule has 0 saturated heterocycles. The molecule has 1 aliphatic rings. The van der Waals surface area contributed by atoms with Gasteiger partial charge in [0, 0.05) is 24.7 Å². The van der Waals surface area contributed by atoms with E-state index in [-0.39, 0.29) is 30.0 Å². The van der Waals surface area contributed by atoms with Crippen molar-refractivity contribution in [3.05, 3.63) is 24.3 Å². The number of rotatable bonds is 17. The van der Waals surface area contributed by atoms with Crippen LogP contribution in [0.2, 0.25) is 58.9 Å². The summed E-state index contributed by atoms with van der Waals surface area (Å²) in [5.41, 5.74) is 0. The Bertz CT molecular complexity index is 759. The van der Waals surface area contributed by atoms with E-state index in [4.69, 9.17) is 13.3 Å². The SMILES string of the molecule is CCCCC[C@@H](/C=C/[C@H]1[C@H](O[Si](C)(C)C)CC(=O)[C@@H]1C/C=C\CCCC(=O)O[Si](C)(C)C)O[Si](C)(C)C. The van der Waals surface area contributed by atoms with Gasteiger partial charge in [-0.2, -0.15) is 0 Å². The van der Waals surface area contributed by atoms with Gasteiger partial charge in [0.2, 0.25) is 8.32 Å². The zero-order valence-corrected chi connectivity index (χ0v) is 28.5. The lowest BCUT2D eigenvalue weighted by Crippen LogP contribution is -2.35. The first kappa shape index (κ1) is 34.2. The van der Waals surface area contributed by atoms with E-state index in [1.54, 1.807) is 0 Å². The Labute approximate surface area is 231 Å². The lowest BCUT2D eigenvalue weighted by Gasteiger charge is -2.29. The van der Waals surface area contributed by atoms with Gasteiger partial charge in [0.1, 0.15) is 5.78 Å². The van der Waals surface area contributed by atoms with Crippen molar-refractivity contribution in [1.82, 2.24) is 0 Å². The molecule has 0 aliphatic heterocycles. The minimum atomic E-state index is -1.82. The van der Waals surface area contributed by atoms with E-state index in [0.29, 0.717) is 25.0 Å². The molecule has 1 aliphatic carbocycles. The molecular weight excluding hydrogens is 513 g/mol. The first-order valence-electron chi connectivity index (χ1n) is 14.4. The number of unbranched alkanes of at least 4 members (excludes halogenated alkanes) is 3. The first-order chi connectivity index (χ1) is 17.0. The van der Waals surface area contributed by atoms with Crippen LogP contribution < -0.4 is 0 Å². The summed E-state index contributed by atoms with van der Waals surface area (Å²) in [6.45, 7) is 21.6. The third-order valence-corrected chi connectivity index (χ3v) is 8.95. The molecule has 5 nitrogen and oxygen atoms in total. The minimum Gasteiger partial charge on any atom is -0.520 e. The molecule has 4 atom stereocenters. The molecule has 0 unspecified atom stereocenters. The summed E-state index contributed by atoms with van der Waals surface area (Å²) in [5.74, 6) is 0.224. The molecule has 0 radical (unpaired) electrons. The fourth-order valence-corrected chi connectivity index (χ4v) is 7.73. The molecule has 0 heterocycles. The average Bonchev–Trinajstić information content (AvgIpc) is 2.98. The van der Waals surface area contributed by atoms with Crippen LogP contribution in [0, 0.1) is 11.8 Å². The molecule has 0 aromatic rings. The van der Waals surface area contributed by atoms with Gasteiger partial charge in [-0.25, -0.2) is 0 Å². The summed E-state index contributed by atoms with van der Waals surface area (Å²) in [6, 6.07) is 0. The minimum absolute atomic E-state index is 0.0478. The van der Waals surface area contributed by atoms with Crippen molar-refractivity contribution in [3.8, 4) is 0 Å². The quantitative estimate of drug-likeness (QED) is 0.100. The van der Waals surface area contributed by atoms with E-state index >= 15 is 0 Å². The van der Waals surface area contributed by atoms with Crippen molar-refractivity contribution >= 4 is 36.7 Å². The molecule has 0 N–H and O–H groups in total. The Morgan fingerprint density at radius 3 is 2.19 bits per heavy atom. The second-order valence-electron chi connectivity index (χ2n) is 13.5. The van der Waals surface area contributed by atoms with Crippen LogP contribution in [0.4, 0.5) is 0 Å². The number of allylic oxidation sites excluding steroid dienone is 2. The molecular formula is C29H56O5Si3. The summed E-state index contributed by atoms with van der Waals surface area (Å²) in [5, 5.41) is 0. The maximum Gasteiger partial charge on any atom is 0.292 e. The smallest absolute Gasteiger partial charge is 0.292 e. The predicted molar refractivity (Wildman–Crippen MR) is 163 cm³/mol. The molecule has 0 bridgehead atoms. The molecule has 0 aromatic carbocycles. The Morgan fingerprint density at radius 2 is 1.62 bits per heavy atom. The fourth-order valence-electron chi connectivity index (χ4n) is 4.69. The second-order valence-corrected chi connectivity index (χ2v) is 26.8.